The number of hydrogen-bond acceptors (Lipinski definition) is 3. The van der Waals surface area contributed by atoms with Crippen molar-refractivity contribution in [2.45, 2.75) is 44.8 Å². The molecule has 4 rings (SSSR count). The van der Waals surface area contributed by atoms with E-state index in [-0.39, 0.29) is 12.0 Å². The number of nitrogens with zero attached hydrogens (tertiary/aromatic N) is 2. The molecule has 5 heteroatoms. The first-order valence-corrected chi connectivity index (χ1v) is 10.1. The molecule has 0 radical (unpaired) electrons. The number of para-hydroxylation sites is 1. The molecule has 0 saturated carbocycles. The van der Waals surface area contributed by atoms with Crippen LogP contribution in [0.1, 0.15) is 36.9 Å². The second-order valence-corrected chi connectivity index (χ2v) is 7.44. The minimum absolute atomic E-state index is 0.154. The molecule has 3 heterocycles. The van der Waals surface area contributed by atoms with Crippen LogP contribution in [-0.2, 0) is 22.5 Å². The van der Waals surface area contributed by atoms with Crippen LogP contribution in [-0.4, -0.2) is 40.0 Å². The van der Waals surface area contributed by atoms with E-state index in [9.17, 15) is 4.79 Å². The van der Waals surface area contributed by atoms with Crippen molar-refractivity contribution in [2.24, 2.45) is 0 Å². The highest BCUT2D eigenvalue weighted by Gasteiger charge is 2.23. The van der Waals surface area contributed by atoms with Gasteiger partial charge in [0.05, 0.1) is 18.3 Å². The number of ether oxygens (including phenoxy) is 1. The van der Waals surface area contributed by atoms with Crippen LogP contribution in [0.4, 0.5) is 0 Å². The Labute approximate surface area is 165 Å². The second kappa shape index (κ2) is 9.02. The minimum Gasteiger partial charge on any atom is -0.376 e. The van der Waals surface area contributed by atoms with Gasteiger partial charge in [-0.1, -0.05) is 24.3 Å². The van der Waals surface area contributed by atoms with E-state index in [1.807, 2.05) is 29.2 Å². The number of nitrogens with one attached hydrogen (secondary N) is 1. The van der Waals surface area contributed by atoms with Crippen molar-refractivity contribution in [1.82, 2.24) is 14.9 Å². The van der Waals surface area contributed by atoms with Crippen molar-refractivity contribution in [3.05, 3.63) is 66.1 Å². The lowest BCUT2D eigenvalue weighted by Gasteiger charge is -2.25. The van der Waals surface area contributed by atoms with Gasteiger partial charge in [-0.3, -0.25) is 9.78 Å². The molecule has 5 nitrogen and oxygen atoms in total. The Kier molecular flexibility index (Phi) is 6.02. The number of pyridine rings is 1. The number of carbonyl (C=O) groups excluding carboxylic acids is 1. The van der Waals surface area contributed by atoms with Gasteiger partial charge in [-0.25, -0.2) is 0 Å². The maximum Gasteiger partial charge on any atom is 0.223 e. The first-order chi connectivity index (χ1) is 13.8. The second-order valence-electron chi connectivity index (χ2n) is 7.44. The molecule has 1 N–H and O–H groups in total. The zero-order valence-electron chi connectivity index (χ0n) is 16.1. The molecule has 0 aliphatic carbocycles. The third-order valence-corrected chi connectivity index (χ3v) is 5.39. The molecule has 1 aromatic carbocycles. The molecule has 146 valence electrons. The van der Waals surface area contributed by atoms with Gasteiger partial charge in [-0.15, -0.1) is 0 Å². The van der Waals surface area contributed by atoms with Crippen molar-refractivity contribution in [2.75, 3.05) is 13.2 Å². The van der Waals surface area contributed by atoms with E-state index >= 15 is 0 Å². The largest absolute Gasteiger partial charge is 0.376 e. The standard InChI is InChI=1S/C23H27N3O2/c27-23(12-5-7-18-15-25-22-11-2-1-10-21(18)22)26(17-20-9-6-14-28-20)16-19-8-3-4-13-24-19/h1-4,8,10-11,13,15,20,25H,5-7,9,12,14,16-17H2/t20-/m1/s1. The van der Waals surface area contributed by atoms with Crippen molar-refractivity contribution in [3.63, 3.8) is 0 Å². The SMILES string of the molecule is O=C(CCCc1c[nH]c2ccccc12)N(Cc1ccccn1)C[C@H]1CCCO1. The molecular formula is C23H27N3O2. The van der Waals surface area contributed by atoms with Gasteiger partial charge >= 0.3 is 0 Å². The lowest BCUT2D eigenvalue weighted by molar-refractivity contribution is -0.133. The van der Waals surface area contributed by atoms with Gasteiger partial charge in [0.25, 0.3) is 0 Å². The highest BCUT2D eigenvalue weighted by molar-refractivity contribution is 5.83. The molecule has 28 heavy (non-hydrogen) atoms. The number of aromatic amines is 1. The fourth-order valence-corrected chi connectivity index (χ4v) is 3.90. The highest BCUT2D eigenvalue weighted by Crippen LogP contribution is 2.20. The fraction of sp³-hybridized carbons (Fsp3) is 0.391. The Morgan fingerprint density at radius 1 is 1.21 bits per heavy atom. The average Bonchev–Trinajstić information content (AvgIpc) is 3.38. The summed E-state index contributed by atoms with van der Waals surface area (Å²) in [5, 5.41) is 1.25. The molecule has 0 spiro atoms. The van der Waals surface area contributed by atoms with Crippen LogP contribution in [0, 0.1) is 0 Å². The third kappa shape index (κ3) is 4.60. The normalized spacial score (nSPS) is 16.5. The number of aryl methyl sites for hydroxylation is 1. The van der Waals surface area contributed by atoms with Crippen LogP contribution >= 0.6 is 0 Å². The van der Waals surface area contributed by atoms with E-state index < -0.39 is 0 Å². The number of hydrogen-bond donors (Lipinski definition) is 1. The summed E-state index contributed by atoms with van der Waals surface area (Å²) in [6.07, 6.45) is 8.38. The van der Waals surface area contributed by atoms with Crippen molar-refractivity contribution >= 4 is 16.8 Å². The maximum atomic E-state index is 13.0. The number of amides is 1. The third-order valence-electron chi connectivity index (χ3n) is 5.39. The number of fused-ring (bicyclic) bond motifs is 1. The summed E-state index contributed by atoms with van der Waals surface area (Å²) >= 11 is 0. The number of benzene rings is 1. The lowest BCUT2D eigenvalue weighted by atomic mass is 10.1. The maximum absolute atomic E-state index is 13.0. The molecule has 1 aliphatic heterocycles. The molecule has 1 atom stereocenters. The summed E-state index contributed by atoms with van der Waals surface area (Å²) in [5.41, 5.74) is 3.35. The quantitative estimate of drug-likeness (QED) is 0.643. The molecule has 0 bridgehead atoms. The van der Waals surface area contributed by atoms with E-state index in [4.69, 9.17) is 4.74 Å². The predicted molar refractivity (Wildman–Crippen MR) is 110 cm³/mol. The van der Waals surface area contributed by atoms with Crippen molar-refractivity contribution < 1.29 is 9.53 Å². The van der Waals surface area contributed by atoms with Gasteiger partial charge in [0.15, 0.2) is 0 Å². The zero-order chi connectivity index (χ0) is 19.2. The molecule has 1 fully saturated rings. The van der Waals surface area contributed by atoms with Crippen LogP contribution in [0.15, 0.2) is 54.9 Å². The highest BCUT2D eigenvalue weighted by atomic mass is 16.5. The van der Waals surface area contributed by atoms with Gasteiger partial charge in [0.1, 0.15) is 0 Å². The summed E-state index contributed by atoms with van der Waals surface area (Å²) in [6.45, 7) is 2.01. The van der Waals surface area contributed by atoms with Crippen molar-refractivity contribution in [3.8, 4) is 0 Å². The summed E-state index contributed by atoms with van der Waals surface area (Å²) in [6, 6.07) is 14.1. The summed E-state index contributed by atoms with van der Waals surface area (Å²) < 4.78 is 5.76. The number of carbonyl (C=O) groups is 1. The van der Waals surface area contributed by atoms with Gasteiger partial charge in [0.2, 0.25) is 5.91 Å². The molecule has 1 saturated heterocycles. The Balaban J connectivity index is 1.36. The fourth-order valence-electron chi connectivity index (χ4n) is 3.90. The summed E-state index contributed by atoms with van der Waals surface area (Å²) in [4.78, 5) is 22.6. The van der Waals surface area contributed by atoms with Gasteiger partial charge in [-0.05, 0) is 49.4 Å². The molecule has 2 aromatic heterocycles. The first kappa shape index (κ1) is 18.7. The first-order valence-electron chi connectivity index (χ1n) is 10.1. The van der Waals surface area contributed by atoms with Crippen LogP contribution in [0.5, 0.6) is 0 Å². The Hall–Kier alpha value is -2.66. The zero-order valence-corrected chi connectivity index (χ0v) is 16.1. The molecule has 0 unspecified atom stereocenters. The summed E-state index contributed by atoms with van der Waals surface area (Å²) in [7, 11) is 0. The van der Waals surface area contributed by atoms with Crippen molar-refractivity contribution in [1.29, 1.82) is 0 Å². The smallest absolute Gasteiger partial charge is 0.223 e. The van der Waals surface area contributed by atoms with E-state index in [0.717, 1.165) is 43.5 Å². The summed E-state index contributed by atoms with van der Waals surface area (Å²) in [5.74, 6) is 0.181. The molecule has 3 aromatic rings. The Morgan fingerprint density at radius 3 is 2.93 bits per heavy atom. The number of rotatable bonds is 8. The topological polar surface area (TPSA) is 58.2 Å². The molecular weight excluding hydrogens is 350 g/mol. The lowest BCUT2D eigenvalue weighted by Crippen LogP contribution is -2.37. The average molecular weight is 377 g/mol. The van der Waals surface area contributed by atoms with Gasteiger partial charge < -0.3 is 14.6 Å². The minimum atomic E-state index is 0.154. The monoisotopic (exact) mass is 377 g/mol. The van der Waals surface area contributed by atoms with E-state index in [2.05, 4.69) is 34.4 Å². The van der Waals surface area contributed by atoms with Crippen LogP contribution in [0.25, 0.3) is 10.9 Å². The molecule has 1 amide bonds. The Bertz CT molecular complexity index is 900. The predicted octanol–water partition coefficient (Wildman–Crippen LogP) is 4.09. The van der Waals surface area contributed by atoms with E-state index in [0.29, 0.717) is 19.5 Å². The van der Waals surface area contributed by atoms with Crippen LogP contribution in [0.3, 0.4) is 0 Å². The van der Waals surface area contributed by atoms with Gasteiger partial charge in [0, 0.05) is 42.9 Å². The Morgan fingerprint density at radius 2 is 2.11 bits per heavy atom. The molecule has 1 aliphatic rings. The van der Waals surface area contributed by atoms with Crippen LogP contribution in [0.2, 0.25) is 0 Å². The van der Waals surface area contributed by atoms with Crippen LogP contribution < -0.4 is 0 Å². The van der Waals surface area contributed by atoms with E-state index in [1.165, 1.54) is 10.9 Å². The van der Waals surface area contributed by atoms with E-state index in [1.54, 1.807) is 6.20 Å². The number of H-pyrrole nitrogens is 1. The van der Waals surface area contributed by atoms with Gasteiger partial charge in [-0.2, -0.15) is 0 Å². The number of aromatic nitrogens is 2.